The summed E-state index contributed by atoms with van der Waals surface area (Å²) in [5.41, 5.74) is 0. The molecule has 2 unspecified atom stereocenters. The Morgan fingerprint density at radius 2 is 1.90 bits per heavy atom. The van der Waals surface area contributed by atoms with Crippen LogP contribution >= 0.6 is 0 Å². The van der Waals surface area contributed by atoms with Gasteiger partial charge in [-0.15, -0.1) is 0 Å². The summed E-state index contributed by atoms with van der Waals surface area (Å²) < 4.78 is 41.9. The second kappa shape index (κ2) is 5.82. The van der Waals surface area contributed by atoms with Crippen molar-refractivity contribution in [3.63, 3.8) is 0 Å². The molecular formula is C14H19NO5S. The Morgan fingerprint density at radius 3 is 2.67 bits per heavy atom. The molecule has 0 amide bonds. The van der Waals surface area contributed by atoms with Gasteiger partial charge in [0.2, 0.25) is 0 Å². The van der Waals surface area contributed by atoms with Gasteiger partial charge in [0.15, 0.2) is 21.3 Å². The molecule has 3 rings (SSSR count). The minimum Gasteiger partial charge on any atom is -0.486 e. The molecule has 1 fully saturated rings. The maximum absolute atomic E-state index is 12.8. The van der Waals surface area contributed by atoms with E-state index in [0.29, 0.717) is 37.7 Å². The maximum Gasteiger partial charge on any atom is 0.185 e. The fourth-order valence-corrected chi connectivity index (χ4v) is 4.58. The van der Waals surface area contributed by atoms with Gasteiger partial charge in [-0.1, -0.05) is 0 Å². The lowest BCUT2D eigenvalue weighted by Crippen LogP contribution is -2.49. The number of nitrogens with one attached hydrogen (secondary N) is 1. The smallest absolute Gasteiger partial charge is 0.185 e. The monoisotopic (exact) mass is 313 g/mol. The van der Waals surface area contributed by atoms with Gasteiger partial charge in [-0.3, -0.25) is 0 Å². The Labute approximate surface area is 124 Å². The molecule has 1 N–H and O–H groups in total. The molecule has 0 aliphatic carbocycles. The molecule has 21 heavy (non-hydrogen) atoms. The maximum atomic E-state index is 12.8. The number of fused-ring (bicyclic) bond motifs is 1. The fraction of sp³-hybridized carbons (Fsp3) is 0.571. The molecule has 7 heteroatoms. The van der Waals surface area contributed by atoms with E-state index in [1.54, 1.807) is 25.2 Å². The molecule has 0 radical (unpaired) electrons. The van der Waals surface area contributed by atoms with Gasteiger partial charge in [-0.25, -0.2) is 8.42 Å². The molecular weight excluding hydrogens is 294 g/mol. The highest BCUT2D eigenvalue weighted by atomic mass is 32.2. The number of sulfone groups is 1. The highest BCUT2D eigenvalue weighted by molar-refractivity contribution is 7.92. The molecule has 1 saturated heterocycles. The lowest BCUT2D eigenvalue weighted by atomic mass is 10.1. The zero-order valence-corrected chi connectivity index (χ0v) is 12.7. The lowest BCUT2D eigenvalue weighted by molar-refractivity contribution is 0.0825. The van der Waals surface area contributed by atoms with Crippen molar-refractivity contribution < 1.29 is 22.6 Å². The van der Waals surface area contributed by atoms with Gasteiger partial charge in [0.25, 0.3) is 0 Å². The highest BCUT2D eigenvalue weighted by Gasteiger charge is 2.37. The molecule has 2 aliphatic rings. The molecule has 1 aromatic rings. The van der Waals surface area contributed by atoms with Crippen molar-refractivity contribution in [2.45, 2.75) is 22.6 Å². The molecule has 116 valence electrons. The third-order valence-electron chi connectivity index (χ3n) is 3.92. The third kappa shape index (κ3) is 2.73. The van der Waals surface area contributed by atoms with Gasteiger partial charge in [-0.05, 0) is 25.6 Å². The Hall–Kier alpha value is -1.31. The summed E-state index contributed by atoms with van der Waals surface area (Å²) in [7, 11) is -1.70. The third-order valence-corrected chi connectivity index (χ3v) is 6.09. The molecule has 2 atom stereocenters. The van der Waals surface area contributed by atoms with E-state index in [4.69, 9.17) is 14.2 Å². The molecule has 0 bridgehead atoms. The molecule has 0 spiro atoms. The summed E-state index contributed by atoms with van der Waals surface area (Å²) in [6, 6.07) is 4.67. The summed E-state index contributed by atoms with van der Waals surface area (Å²) in [5, 5.41) is 2.49. The van der Waals surface area contributed by atoms with E-state index in [1.807, 2.05) is 0 Å². The highest BCUT2D eigenvalue weighted by Crippen LogP contribution is 2.34. The summed E-state index contributed by atoms with van der Waals surface area (Å²) >= 11 is 0. The predicted octanol–water partition coefficient (Wildman–Crippen LogP) is 0.608. The Morgan fingerprint density at radius 1 is 1.14 bits per heavy atom. The second-order valence-corrected chi connectivity index (χ2v) is 7.31. The number of hydrogen-bond acceptors (Lipinski definition) is 6. The SMILES string of the molecule is CNC1CCOCC1S(=O)(=O)c1ccc2c(c1)OCCO2. The van der Waals surface area contributed by atoms with Crippen molar-refractivity contribution >= 4 is 9.84 Å². The van der Waals surface area contributed by atoms with Gasteiger partial charge in [0.1, 0.15) is 18.5 Å². The van der Waals surface area contributed by atoms with Crippen LogP contribution in [0.3, 0.4) is 0 Å². The van der Waals surface area contributed by atoms with E-state index in [1.165, 1.54) is 0 Å². The average Bonchev–Trinajstić information content (AvgIpc) is 2.54. The summed E-state index contributed by atoms with van der Waals surface area (Å²) in [6.07, 6.45) is 0.685. The Kier molecular flexibility index (Phi) is 4.05. The Bertz CT molecular complexity index is 616. The summed E-state index contributed by atoms with van der Waals surface area (Å²) in [6.45, 7) is 1.71. The van der Waals surface area contributed by atoms with Crippen LogP contribution < -0.4 is 14.8 Å². The van der Waals surface area contributed by atoms with Crippen LogP contribution in [-0.4, -0.2) is 53.2 Å². The van der Waals surface area contributed by atoms with Crippen molar-refractivity contribution in [2.75, 3.05) is 33.5 Å². The van der Waals surface area contributed by atoms with Gasteiger partial charge in [0.05, 0.1) is 11.5 Å². The van der Waals surface area contributed by atoms with Crippen LogP contribution in [0.4, 0.5) is 0 Å². The zero-order valence-electron chi connectivity index (χ0n) is 11.9. The van der Waals surface area contributed by atoms with Gasteiger partial charge in [0, 0.05) is 18.7 Å². The minimum atomic E-state index is -3.48. The van der Waals surface area contributed by atoms with Gasteiger partial charge >= 0.3 is 0 Å². The predicted molar refractivity (Wildman–Crippen MR) is 76.7 cm³/mol. The van der Waals surface area contributed by atoms with Crippen LogP contribution in [0.15, 0.2) is 23.1 Å². The first-order chi connectivity index (χ1) is 10.1. The topological polar surface area (TPSA) is 73.9 Å². The van der Waals surface area contributed by atoms with E-state index in [9.17, 15) is 8.42 Å². The lowest BCUT2D eigenvalue weighted by Gasteiger charge is -2.31. The molecule has 6 nitrogen and oxygen atoms in total. The van der Waals surface area contributed by atoms with Crippen LogP contribution in [0.2, 0.25) is 0 Å². The second-order valence-electron chi connectivity index (χ2n) is 5.15. The van der Waals surface area contributed by atoms with Crippen molar-refractivity contribution in [3.8, 4) is 11.5 Å². The van der Waals surface area contributed by atoms with E-state index < -0.39 is 15.1 Å². The number of hydrogen-bond donors (Lipinski definition) is 1. The molecule has 0 aromatic heterocycles. The van der Waals surface area contributed by atoms with Gasteiger partial charge in [-0.2, -0.15) is 0 Å². The first-order valence-electron chi connectivity index (χ1n) is 7.01. The van der Waals surface area contributed by atoms with Crippen molar-refractivity contribution in [1.82, 2.24) is 5.32 Å². The van der Waals surface area contributed by atoms with Crippen LogP contribution in [0.25, 0.3) is 0 Å². The molecule has 2 aliphatic heterocycles. The first kappa shape index (κ1) is 14.6. The largest absolute Gasteiger partial charge is 0.486 e. The van der Waals surface area contributed by atoms with Crippen molar-refractivity contribution in [2.24, 2.45) is 0 Å². The number of benzene rings is 1. The molecule has 0 saturated carbocycles. The van der Waals surface area contributed by atoms with E-state index >= 15 is 0 Å². The Balaban J connectivity index is 1.94. The van der Waals surface area contributed by atoms with E-state index in [2.05, 4.69) is 5.32 Å². The number of ether oxygens (including phenoxy) is 3. The first-order valence-corrected chi connectivity index (χ1v) is 8.56. The summed E-state index contributed by atoms with van der Waals surface area (Å²) in [4.78, 5) is 0.252. The average molecular weight is 313 g/mol. The summed E-state index contributed by atoms with van der Waals surface area (Å²) in [5.74, 6) is 1.07. The van der Waals surface area contributed by atoms with Crippen LogP contribution in [0.5, 0.6) is 11.5 Å². The van der Waals surface area contributed by atoms with Gasteiger partial charge < -0.3 is 19.5 Å². The molecule has 2 heterocycles. The minimum absolute atomic E-state index is 0.100. The van der Waals surface area contributed by atoms with Crippen LogP contribution in [0, 0.1) is 0 Å². The van der Waals surface area contributed by atoms with E-state index in [0.717, 1.165) is 0 Å². The van der Waals surface area contributed by atoms with E-state index in [-0.39, 0.29) is 17.5 Å². The number of rotatable bonds is 3. The molecule has 1 aromatic carbocycles. The van der Waals surface area contributed by atoms with Crippen molar-refractivity contribution in [1.29, 1.82) is 0 Å². The quantitative estimate of drug-likeness (QED) is 0.881. The van der Waals surface area contributed by atoms with Crippen molar-refractivity contribution in [3.05, 3.63) is 18.2 Å². The fourth-order valence-electron chi connectivity index (χ4n) is 2.72. The standard InChI is InChI=1S/C14H19NO5S/c1-15-11-4-5-18-9-14(11)21(16,17)10-2-3-12-13(8-10)20-7-6-19-12/h2-3,8,11,14-15H,4-7,9H2,1H3. The van der Waals surface area contributed by atoms with Crippen LogP contribution in [0.1, 0.15) is 6.42 Å². The zero-order chi connectivity index (χ0) is 14.9. The van der Waals surface area contributed by atoms with Crippen LogP contribution in [-0.2, 0) is 14.6 Å². The normalized spacial score (nSPS) is 25.6.